The lowest BCUT2D eigenvalue weighted by Gasteiger charge is -2.16. The van der Waals surface area contributed by atoms with Crippen LogP contribution < -0.4 is 16.0 Å². The lowest BCUT2D eigenvalue weighted by Crippen LogP contribution is -2.30. The lowest BCUT2D eigenvalue weighted by molar-refractivity contribution is -0.115. The molecule has 3 aromatic carbocycles. The van der Waals surface area contributed by atoms with Crippen molar-refractivity contribution in [3.63, 3.8) is 0 Å². The molecule has 5 nitrogen and oxygen atoms in total. The third-order valence-electron chi connectivity index (χ3n) is 4.42. The molecule has 0 spiro atoms. The summed E-state index contributed by atoms with van der Waals surface area (Å²) < 4.78 is 0. The molecular weight excluding hydrogens is 386 g/mol. The number of nitrogens with one attached hydrogen (secondary N) is 3. The number of para-hydroxylation sites is 2. The summed E-state index contributed by atoms with van der Waals surface area (Å²) in [4.78, 5) is 25.0. The molecule has 3 rings (SSSR count). The number of amides is 2. The largest absolute Gasteiger partial charge is 0.324 e. The van der Waals surface area contributed by atoms with Crippen LogP contribution in [0.4, 0.5) is 11.4 Å². The molecule has 0 bridgehead atoms. The highest BCUT2D eigenvalue weighted by Crippen LogP contribution is 2.22. The van der Waals surface area contributed by atoms with Gasteiger partial charge in [-0.05, 0) is 42.8 Å². The first-order valence-corrected chi connectivity index (χ1v) is 9.65. The normalized spacial score (nSPS) is 11.5. The first kappa shape index (κ1) is 20.6. The van der Waals surface area contributed by atoms with Crippen molar-refractivity contribution in [3.05, 3.63) is 95.0 Å². The van der Waals surface area contributed by atoms with Crippen LogP contribution in [-0.2, 0) is 4.79 Å². The molecule has 0 saturated heterocycles. The van der Waals surface area contributed by atoms with Crippen molar-refractivity contribution in [3.8, 4) is 0 Å². The third kappa shape index (κ3) is 5.67. The fourth-order valence-electron chi connectivity index (χ4n) is 2.89. The summed E-state index contributed by atoms with van der Waals surface area (Å²) in [6.45, 7) is 2.02. The highest BCUT2D eigenvalue weighted by Gasteiger charge is 2.15. The Bertz CT molecular complexity index is 992. The third-order valence-corrected chi connectivity index (χ3v) is 4.76. The van der Waals surface area contributed by atoms with Gasteiger partial charge in [-0.3, -0.25) is 9.59 Å². The number of carbonyl (C=O) groups excluding carboxylic acids is 2. The van der Waals surface area contributed by atoms with Gasteiger partial charge < -0.3 is 16.0 Å². The van der Waals surface area contributed by atoms with Crippen molar-refractivity contribution in [2.75, 3.05) is 17.2 Å². The average molecular weight is 408 g/mol. The molecule has 2 amide bonds. The van der Waals surface area contributed by atoms with Crippen LogP contribution in [0.1, 0.15) is 28.9 Å². The molecule has 0 aromatic heterocycles. The quantitative estimate of drug-likeness (QED) is 0.522. The number of anilines is 2. The van der Waals surface area contributed by atoms with Gasteiger partial charge in [0.05, 0.1) is 17.8 Å². The lowest BCUT2D eigenvalue weighted by atomic mass is 10.1. The summed E-state index contributed by atoms with van der Waals surface area (Å²) in [6.07, 6.45) is 0. The van der Waals surface area contributed by atoms with E-state index < -0.39 is 0 Å². The molecule has 0 aliphatic heterocycles. The maximum atomic E-state index is 12.6. The zero-order valence-electron chi connectivity index (χ0n) is 16.0. The molecule has 0 fully saturated rings. The molecule has 148 valence electrons. The van der Waals surface area contributed by atoms with E-state index in [9.17, 15) is 9.59 Å². The first-order chi connectivity index (χ1) is 14.0. The molecule has 0 unspecified atom stereocenters. The molecule has 3 N–H and O–H groups in total. The van der Waals surface area contributed by atoms with Crippen LogP contribution in [-0.4, -0.2) is 18.4 Å². The van der Waals surface area contributed by atoms with Gasteiger partial charge in [0.25, 0.3) is 5.91 Å². The van der Waals surface area contributed by atoms with E-state index in [-0.39, 0.29) is 24.4 Å². The highest BCUT2D eigenvalue weighted by molar-refractivity contribution is 6.31. The van der Waals surface area contributed by atoms with E-state index in [2.05, 4.69) is 16.0 Å². The Labute approximate surface area is 175 Å². The molecule has 0 aliphatic rings. The predicted octanol–water partition coefficient (Wildman–Crippen LogP) is 4.88. The van der Waals surface area contributed by atoms with E-state index in [0.717, 1.165) is 5.56 Å². The summed E-state index contributed by atoms with van der Waals surface area (Å²) in [6, 6.07) is 23.5. The van der Waals surface area contributed by atoms with Crippen molar-refractivity contribution in [2.45, 2.75) is 13.0 Å². The number of halogens is 1. The van der Waals surface area contributed by atoms with Crippen LogP contribution >= 0.6 is 11.6 Å². The molecule has 0 heterocycles. The second kappa shape index (κ2) is 9.87. The number of benzene rings is 3. The fourth-order valence-corrected chi connectivity index (χ4v) is 3.19. The number of hydrogen-bond donors (Lipinski definition) is 3. The Morgan fingerprint density at radius 3 is 2.28 bits per heavy atom. The second-order valence-electron chi connectivity index (χ2n) is 6.54. The summed E-state index contributed by atoms with van der Waals surface area (Å²) in [5.74, 6) is -0.534. The predicted molar refractivity (Wildman–Crippen MR) is 117 cm³/mol. The number of carbonyl (C=O) groups is 2. The Hall–Kier alpha value is -3.15. The topological polar surface area (TPSA) is 70.2 Å². The molecule has 0 radical (unpaired) electrons. The number of rotatable bonds is 7. The maximum Gasteiger partial charge on any atom is 0.257 e. The summed E-state index contributed by atoms with van der Waals surface area (Å²) in [5.41, 5.74) is 2.46. The van der Waals surface area contributed by atoms with Crippen molar-refractivity contribution in [2.24, 2.45) is 0 Å². The molecule has 29 heavy (non-hydrogen) atoms. The molecule has 0 saturated carbocycles. The van der Waals surface area contributed by atoms with Gasteiger partial charge >= 0.3 is 0 Å². The van der Waals surface area contributed by atoms with Crippen molar-refractivity contribution < 1.29 is 9.59 Å². The summed E-state index contributed by atoms with van der Waals surface area (Å²) >= 11 is 6.20. The Kier molecular flexibility index (Phi) is 7.00. The Morgan fingerprint density at radius 2 is 1.52 bits per heavy atom. The molecule has 1 atom stereocenters. The van der Waals surface area contributed by atoms with E-state index in [4.69, 9.17) is 11.6 Å². The van der Waals surface area contributed by atoms with Gasteiger partial charge in [0.15, 0.2) is 0 Å². The van der Waals surface area contributed by atoms with Crippen molar-refractivity contribution >= 4 is 34.8 Å². The average Bonchev–Trinajstić information content (AvgIpc) is 2.73. The molecule has 0 aliphatic carbocycles. The van der Waals surface area contributed by atoms with E-state index in [1.165, 1.54) is 0 Å². The van der Waals surface area contributed by atoms with Crippen molar-refractivity contribution in [1.29, 1.82) is 0 Å². The Balaban J connectivity index is 1.62. The van der Waals surface area contributed by atoms with Crippen LogP contribution in [0.2, 0.25) is 5.02 Å². The van der Waals surface area contributed by atoms with Gasteiger partial charge in [-0.2, -0.15) is 0 Å². The summed E-state index contributed by atoms with van der Waals surface area (Å²) in [5, 5.41) is 9.43. The number of hydrogen-bond acceptors (Lipinski definition) is 3. The van der Waals surface area contributed by atoms with Crippen LogP contribution in [0, 0.1) is 0 Å². The van der Waals surface area contributed by atoms with Crippen LogP contribution in [0.25, 0.3) is 0 Å². The van der Waals surface area contributed by atoms with E-state index in [1.54, 1.807) is 36.4 Å². The minimum atomic E-state index is -0.288. The zero-order valence-corrected chi connectivity index (χ0v) is 16.7. The smallest absolute Gasteiger partial charge is 0.257 e. The fraction of sp³-hybridized carbons (Fsp3) is 0.130. The van der Waals surface area contributed by atoms with Crippen molar-refractivity contribution in [1.82, 2.24) is 5.32 Å². The standard InChI is InChI=1S/C23H22ClN3O2/c1-16(18-11-5-7-13-20(18)24)25-15-22(28)27-21-14-8-6-12-19(21)23(29)26-17-9-3-2-4-10-17/h2-14,16,25H,15H2,1H3,(H,26,29)(H,27,28)/t16-/m0/s1. The zero-order chi connectivity index (χ0) is 20.6. The van der Waals surface area contributed by atoms with E-state index in [1.807, 2.05) is 49.4 Å². The van der Waals surface area contributed by atoms with Gasteiger partial charge in [0.2, 0.25) is 5.91 Å². The van der Waals surface area contributed by atoms with E-state index >= 15 is 0 Å². The van der Waals surface area contributed by atoms with Gasteiger partial charge in [-0.25, -0.2) is 0 Å². The first-order valence-electron chi connectivity index (χ1n) is 9.27. The SMILES string of the molecule is C[C@H](NCC(=O)Nc1ccccc1C(=O)Nc1ccccc1)c1ccccc1Cl. The van der Waals surface area contributed by atoms with Crippen LogP contribution in [0.3, 0.4) is 0 Å². The molecular formula is C23H22ClN3O2. The van der Waals surface area contributed by atoms with Crippen LogP contribution in [0.5, 0.6) is 0 Å². The van der Waals surface area contributed by atoms with Crippen LogP contribution in [0.15, 0.2) is 78.9 Å². The maximum absolute atomic E-state index is 12.6. The summed E-state index contributed by atoms with van der Waals surface area (Å²) in [7, 11) is 0. The molecule has 3 aromatic rings. The second-order valence-corrected chi connectivity index (χ2v) is 6.95. The van der Waals surface area contributed by atoms with Gasteiger partial charge in [0.1, 0.15) is 0 Å². The minimum absolute atomic E-state index is 0.0844. The van der Waals surface area contributed by atoms with Gasteiger partial charge in [-0.15, -0.1) is 0 Å². The molecule has 6 heteroatoms. The minimum Gasteiger partial charge on any atom is -0.324 e. The monoisotopic (exact) mass is 407 g/mol. The Morgan fingerprint density at radius 1 is 0.862 bits per heavy atom. The van der Waals surface area contributed by atoms with Gasteiger partial charge in [-0.1, -0.05) is 60.1 Å². The van der Waals surface area contributed by atoms with E-state index in [0.29, 0.717) is 22.0 Å². The highest BCUT2D eigenvalue weighted by atomic mass is 35.5. The van der Waals surface area contributed by atoms with Gasteiger partial charge in [0, 0.05) is 16.8 Å².